The van der Waals surface area contributed by atoms with Gasteiger partial charge in [0.25, 0.3) is 10.0 Å². The van der Waals surface area contributed by atoms with Crippen molar-refractivity contribution in [1.29, 1.82) is 0 Å². The number of amides is 2. The van der Waals surface area contributed by atoms with Crippen LogP contribution >= 0.6 is 23.2 Å². The molecule has 49 heavy (non-hydrogen) atoms. The Morgan fingerprint density at radius 3 is 2.06 bits per heavy atom. The van der Waals surface area contributed by atoms with Crippen LogP contribution in [0, 0.1) is 12.8 Å². The molecule has 0 aliphatic rings. The molecule has 0 saturated carbocycles. The Hall–Kier alpha value is -4.25. The number of sulfonamides is 1. The number of carbonyl (C=O) groups is 2. The lowest BCUT2D eigenvalue weighted by Crippen LogP contribution is -2.53. The van der Waals surface area contributed by atoms with Crippen LogP contribution in [-0.2, 0) is 32.6 Å². The number of rotatable bonds is 15. The van der Waals surface area contributed by atoms with E-state index in [1.54, 1.807) is 42.5 Å². The van der Waals surface area contributed by atoms with E-state index in [0.29, 0.717) is 27.9 Å². The lowest BCUT2D eigenvalue weighted by atomic mass is 10.0. The van der Waals surface area contributed by atoms with Crippen LogP contribution in [0.2, 0.25) is 10.0 Å². The zero-order chi connectivity index (χ0) is 35.7. The van der Waals surface area contributed by atoms with Crippen LogP contribution in [0.4, 0.5) is 5.69 Å². The molecule has 0 aromatic heterocycles. The Bertz CT molecular complexity index is 1830. The number of anilines is 1. The Labute approximate surface area is 298 Å². The molecule has 1 N–H and O–H groups in total. The van der Waals surface area contributed by atoms with Gasteiger partial charge < -0.3 is 19.7 Å². The zero-order valence-electron chi connectivity index (χ0n) is 28.2. The second-order valence-corrected chi connectivity index (χ2v) is 14.6. The van der Waals surface area contributed by atoms with Gasteiger partial charge in [-0.2, -0.15) is 0 Å². The number of ether oxygens (including phenoxy) is 2. The van der Waals surface area contributed by atoms with Gasteiger partial charge in [-0.3, -0.25) is 13.9 Å². The quantitative estimate of drug-likeness (QED) is 0.143. The molecule has 0 bridgehead atoms. The van der Waals surface area contributed by atoms with Crippen LogP contribution in [0.5, 0.6) is 11.5 Å². The number of carbonyl (C=O) groups excluding carboxylic acids is 2. The van der Waals surface area contributed by atoms with E-state index in [1.807, 2.05) is 51.1 Å². The van der Waals surface area contributed by atoms with Gasteiger partial charge >= 0.3 is 0 Å². The first-order valence-corrected chi connectivity index (χ1v) is 17.9. The highest BCUT2D eigenvalue weighted by Gasteiger charge is 2.35. The van der Waals surface area contributed by atoms with Gasteiger partial charge in [0.15, 0.2) is 11.5 Å². The molecular formula is C37H41Cl2N3O6S. The Morgan fingerprint density at radius 1 is 0.837 bits per heavy atom. The van der Waals surface area contributed by atoms with E-state index < -0.39 is 34.4 Å². The summed E-state index contributed by atoms with van der Waals surface area (Å²) in [4.78, 5) is 29.9. The van der Waals surface area contributed by atoms with E-state index in [-0.39, 0.29) is 35.2 Å². The average Bonchev–Trinajstić information content (AvgIpc) is 3.09. The van der Waals surface area contributed by atoms with E-state index in [4.69, 9.17) is 32.7 Å². The summed E-state index contributed by atoms with van der Waals surface area (Å²) in [5.74, 6) is -0.330. The second kappa shape index (κ2) is 16.9. The molecule has 4 aromatic rings. The van der Waals surface area contributed by atoms with E-state index in [0.717, 1.165) is 15.4 Å². The summed E-state index contributed by atoms with van der Waals surface area (Å²) in [7, 11) is -1.51. The maximum Gasteiger partial charge on any atom is 0.264 e. The number of halogens is 2. The molecular weight excluding hydrogens is 685 g/mol. The predicted molar refractivity (Wildman–Crippen MR) is 194 cm³/mol. The molecule has 0 radical (unpaired) electrons. The van der Waals surface area contributed by atoms with E-state index in [1.165, 1.54) is 37.3 Å². The van der Waals surface area contributed by atoms with Crippen LogP contribution < -0.4 is 19.1 Å². The summed E-state index contributed by atoms with van der Waals surface area (Å²) in [5, 5.41) is 3.58. The van der Waals surface area contributed by atoms with E-state index in [2.05, 4.69) is 5.32 Å². The molecule has 12 heteroatoms. The van der Waals surface area contributed by atoms with Gasteiger partial charge in [-0.1, -0.05) is 91.1 Å². The lowest BCUT2D eigenvalue weighted by Gasteiger charge is -2.34. The number of aryl methyl sites for hydroxylation is 1. The van der Waals surface area contributed by atoms with Crippen molar-refractivity contribution in [2.24, 2.45) is 5.92 Å². The van der Waals surface area contributed by atoms with Gasteiger partial charge in [0.2, 0.25) is 11.8 Å². The fraction of sp³-hybridized carbons (Fsp3) is 0.297. The van der Waals surface area contributed by atoms with Crippen molar-refractivity contribution in [2.75, 3.05) is 31.6 Å². The molecule has 0 fully saturated rings. The molecule has 0 aliphatic carbocycles. The van der Waals surface area contributed by atoms with Crippen molar-refractivity contribution in [3.63, 3.8) is 0 Å². The van der Waals surface area contributed by atoms with Crippen LogP contribution in [0.15, 0.2) is 95.9 Å². The van der Waals surface area contributed by atoms with Crippen LogP contribution in [0.1, 0.15) is 30.5 Å². The van der Waals surface area contributed by atoms with Gasteiger partial charge in [-0.05, 0) is 54.8 Å². The highest BCUT2D eigenvalue weighted by atomic mass is 35.5. The number of hydrogen-bond donors (Lipinski definition) is 1. The monoisotopic (exact) mass is 725 g/mol. The topological polar surface area (TPSA) is 105 Å². The largest absolute Gasteiger partial charge is 0.493 e. The highest BCUT2D eigenvalue weighted by molar-refractivity contribution is 7.92. The zero-order valence-corrected chi connectivity index (χ0v) is 30.5. The van der Waals surface area contributed by atoms with E-state index >= 15 is 0 Å². The molecule has 9 nitrogen and oxygen atoms in total. The SMILES string of the molecule is COc1ccc(S(=O)(=O)N(CC(=O)N(Cc2c(Cl)cccc2Cl)[C@@H](Cc2ccccc2)C(=O)NCC(C)C)c2ccc(C)cc2)cc1OC. The first-order chi connectivity index (χ1) is 23.3. The van der Waals surface area contributed by atoms with Crippen molar-refractivity contribution in [1.82, 2.24) is 10.2 Å². The van der Waals surface area contributed by atoms with Crippen molar-refractivity contribution in [3.8, 4) is 11.5 Å². The number of nitrogens with one attached hydrogen (secondary N) is 1. The molecule has 0 heterocycles. The minimum absolute atomic E-state index is 0.116. The van der Waals surface area contributed by atoms with Gasteiger partial charge in [-0.15, -0.1) is 0 Å². The molecule has 0 unspecified atom stereocenters. The molecule has 1 atom stereocenters. The van der Waals surface area contributed by atoms with Gasteiger partial charge in [0, 0.05) is 41.2 Å². The smallest absolute Gasteiger partial charge is 0.264 e. The van der Waals surface area contributed by atoms with Crippen LogP contribution in [0.25, 0.3) is 0 Å². The number of benzene rings is 4. The molecule has 0 aliphatic heterocycles. The van der Waals surface area contributed by atoms with Crippen molar-refractivity contribution < 1.29 is 27.5 Å². The van der Waals surface area contributed by atoms with Crippen LogP contribution in [0.3, 0.4) is 0 Å². The average molecular weight is 727 g/mol. The Kier molecular flexibility index (Phi) is 13.0. The summed E-state index contributed by atoms with van der Waals surface area (Å²) < 4.78 is 40.6. The molecule has 0 saturated heterocycles. The molecule has 2 amide bonds. The molecule has 4 aromatic carbocycles. The summed E-state index contributed by atoms with van der Waals surface area (Å²) >= 11 is 13.2. The highest BCUT2D eigenvalue weighted by Crippen LogP contribution is 2.33. The Morgan fingerprint density at radius 2 is 1.47 bits per heavy atom. The Balaban J connectivity index is 1.85. The summed E-state index contributed by atoms with van der Waals surface area (Å²) in [6, 6.07) is 24.3. The third kappa shape index (κ3) is 9.47. The fourth-order valence-electron chi connectivity index (χ4n) is 5.17. The maximum absolute atomic E-state index is 14.7. The van der Waals surface area contributed by atoms with Crippen molar-refractivity contribution >= 4 is 50.7 Å². The molecule has 4 rings (SSSR count). The third-order valence-corrected chi connectivity index (χ3v) is 10.4. The molecule has 260 valence electrons. The summed E-state index contributed by atoms with van der Waals surface area (Å²) in [6.45, 7) is 5.41. The fourth-order valence-corrected chi connectivity index (χ4v) is 7.12. The lowest BCUT2D eigenvalue weighted by molar-refractivity contribution is -0.140. The predicted octanol–water partition coefficient (Wildman–Crippen LogP) is 6.93. The number of nitrogens with zero attached hydrogens (tertiary/aromatic N) is 2. The maximum atomic E-state index is 14.7. The minimum Gasteiger partial charge on any atom is -0.493 e. The summed E-state index contributed by atoms with van der Waals surface area (Å²) in [6.07, 6.45) is 0.158. The number of hydrogen-bond acceptors (Lipinski definition) is 6. The first kappa shape index (κ1) is 37.6. The van der Waals surface area contributed by atoms with Gasteiger partial charge in [0.1, 0.15) is 12.6 Å². The number of methoxy groups -OCH3 is 2. The van der Waals surface area contributed by atoms with Crippen LogP contribution in [-0.4, -0.2) is 58.5 Å². The van der Waals surface area contributed by atoms with Gasteiger partial charge in [-0.25, -0.2) is 8.42 Å². The second-order valence-electron chi connectivity index (χ2n) is 11.9. The van der Waals surface area contributed by atoms with Crippen molar-refractivity contribution in [2.45, 2.75) is 44.7 Å². The normalized spacial score (nSPS) is 11.9. The van der Waals surface area contributed by atoms with Gasteiger partial charge in [0.05, 0.1) is 24.8 Å². The standard InChI is InChI=1S/C37H41Cl2N3O6S/c1-25(2)22-40-37(44)33(20-27-10-7-6-8-11-27)41(23-30-31(38)12-9-13-32(30)39)36(43)24-42(28-16-14-26(3)15-17-28)49(45,46)29-18-19-34(47-4)35(21-29)48-5/h6-19,21,25,33H,20,22-24H2,1-5H3,(H,40,44)/t33-/m0/s1. The van der Waals surface area contributed by atoms with E-state index in [9.17, 15) is 18.0 Å². The first-order valence-electron chi connectivity index (χ1n) is 15.7. The summed E-state index contributed by atoms with van der Waals surface area (Å²) in [5.41, 5.74) is 2.40. The molecule has 0 spiro atoms. The minimum atomic E-state index is -4.37. The third-order valence-electron chi connectivity index (χ3n) is 7.89. The van der Waals surface area contributed by atoms with Crippen molar-refractivity contribution in [3.05, 3.63) is 118 Å².